The largest absolute Gasteiger partial charge is 0.418 e. The van der Waals surface area contributed by atoms with Crippen LogP contribution < -0.4 is 15.5 Å². The first kappa shape index (κ1) is 18.2. The van der Waals surface area contributed by atoms with Gasteiger partial charge in [0.15, 0.2) is 0 Å². The van der Waals surface area contributed by atoms with Gasteiger partial charge in [0.1, 0.15) is 0 Å². The Morgan fingerprint density at radius 3 is 2.83 bits per heavy atom. The number of rotatable bonds is 2. The predicted molar refractivity (Wildman–Crippen MR) is 109 cm³/mol. The Balaban J connectivity index is 1.64. The lowest BCUT2D eigenvalue weighted by Gasteiger charge is -2.31. The molecule has 0 spiro atoms. The van der Waals surface area contributed by atoms with Crippen LogP contribution in [0.1, 0.15) is 23.5 Å². The Kier molecular flexibility index (Phi) is 4.17. The van der Waals surface area contributed by atoms with Crippen molar-refractivity contribution in [1.82, 2.24) is 10.3 Å². The molecule has 2 aromatic carbocycles. The number of pyridine rings is 1. The summed E-state index contributed by atoms with van der Waals surface area (Å²) >= 11 is 0. The van der Waals surface area contributed by atoms with E-state index in [0.717, 1.165) is 29.3 Å². The molecule has 0 bridgehead atoms. The number of alkyl halides is 3. The van der Waals surface area contributed by atoms with Gasteiger partial charge in [-0.3, -0.25) is 4.98 Å². The molecule has 1 saturated heterocycles. The second-order valence-corrected chi connectivity index (χ2v) is 7.77. The standard InChI is InChI=1S/C22H21F3N4/c1-29-20-6-7-26-11-17(20)16-8-14(9-18(21(16)29)22(23,24)25)28-19-12-27-10-13-4-2-3-5-15(13)19/h2-5,8-10,12,17,20,26,28H,6-7,11H2,1H3. The van der Waals surface area contributed by atoms with E-state index in [1.165, 1.54) is 6.07 Å². The number of piperidine rings is 1. The Bertz CT molecular complexity index is 1070. The average Bonchev–Trinajstić information content (AvgIpc) is 3.00. The highest BCUT2D eigenvalue weighted by atomic mass is 19.4. The average molecular weight is 398 g/mol. The predicted octanol–water partition coefficient (Wildman–Crippen LogP) is 4.89. The fraction of sp³-hybridized carbons (Fsp3) is 0.318. The normalized spacial score (nSPS) is 21.2. The first-order chi connectivity index (χ1) is 13.9. The molecule has 1 aromatic heterocycles. The van der Waals surface area contributed by atoms with Crippen molar-refractivity contribution >= 4 is 27.8 Å². The Morgan fingerprint density at radius 1 is 1.17 bits per heavy atom. The SMILES string of the molecule is CN1c2c(cc(Nc3cncc4ccccc34)cc2C(F)(F)F)C2CNCCC21. The Labute approximate surface area is 166 Å². The van der Waals surface area contributed by atoms with Crippen LogP contribution in [0.3, 0.4) is 0 Å². The molecule has 3 aromatic rings. The molecule has 2 atom stereocenters. The van der Waals surface area contributed by atoms with Crippen LogP contribution >= 0.6 is 0 Å². The number of fused-ring (bicyclic) bond motifs is 4. The molecule has 4 nitrogen and oxygen atoms in total. The van der Waals surface area contributed by atoms with Crippen molar-refractivity contribution in [2.45, 2.75) is 24.6 Å². The van der Waals surface area contributed by atoms with Crippen LogP contribution in [0.25, 0.3) is 10.8 Å². The number of hydrogen-bond acceptors (Lipinski definition) is 4. The fourth-order valence-corrected chi connectivity index (χ4v) is 4.78. The third-order valence-electron chi connectivity index (χ3n) is 6.09. The molecule has 7 heteroatoms. The summed E-state index contributed by atoms with van der Waals surface area (Å²) in [7, 11) is 1.78. The molecule has 2 aliphatic heterocycles. The van der Waals surface area contributed by atoms with Crippen molar-refractivity contribution in [1.29, 1.82) is 0 Å². The van der Waals surface area contributed by atoms with Crippen LogP contribution in [0.4, 0.5) is 30.2 Å². The minimum Gasteiger partial charge on any atom is -0.370 e. The van der Waals surface area contributed by atoms with E-state index >= 15 is 0 Å². The first-order valence-electron chi connectivity index (χ1n) is 9.72. The highest BCUT2D eigenvalue weighted by Gasteiger charge is 2.45. The number of hydrogen-bond donors (Lipinski definition) is 2. The van der Waals surface area contributed by atoms with E-state index in [2.05, 4.69) is 15.6 Å². The molecule has 2 aliphatic rings. The van der Waals surface area contributed by atoms with Crippen LogP contribution in [-0.4, -0.2) is 31.2 Å². The highest BCUT2D eigenvalue weighted by Crippen LogP contribution is 2.50. The van der Waals surface area contributed by atoms with Crippen molar-refractivity contribution in [3.05, 3.63) is 59.9 Å². The molecule has 0 saturated carbocycles. The van der Waals surface area contributed by atoms with E-state index in [-0.39, 0.29) is 12.0 Å². The van der Waals surface area contributed by atoms with Crippen molar-refractivity contribution in [3.63, 3.8) is 0 Å². The summed E-state index contributed by atoms with van der Waals surface area (Å²) in [5.41, 5.74) is 1.63. The quantitative estimate of drug-likeness (QED) is 0.645. The van der Waals surface area contributed by atoms with Crippen molar-refractivity contribution < 1.29 is 13.2 Å². The maximum absolute atomic E-state index is 14.0. The minimum atomic E-state index is -4.42. The monoisotopic (exact) mass is 398 g/mol. The number of aromatic nitrogens is 1. The van der Waals surface area contributed by atoms with E-state index in [4.69, 9.17) is 0 Å². The van der Waals surface area contributed by atoms with Gasteiger partial charge in [0.05, 0.1) is 23.1 Å². The molecule has 29 heavy (non-hydrogen) atoms. The molecule has 1 fully saturated rings. The van der Waals surface area contributed by atoms with Gasteiger partial charge in [0.2, 0.25) is 0 Å². The maximum atomic E-state index is 14.0. The van der Waals surface area contributed by atoms with Gasteiger partial charge in [-0.15, -0.1) is 0 Å². The van der Waals surface area contributed by atoms with Crippen LogP contribution in [0.5, 0.6) is 0 Å². The molecule has 0 aliphatic carbocycles. The highest BCUT2D eigenvalue weighted by molar-refractivity contribution is 5.94. The lowest BCUT2D eigenvalue weighted by atomic mass is 9.89. The third kappa shape index (κ3) is 3.00. The zero-order valence-corrected chi connectivity index (χ0v) is 15.9. The van der Waals surface area contributed by atoms with Crippen LogP contribution in [-0.2, 0) is 6.18 Å². The zero-order valence-electron chi connectivity index (χ0n) is 15.9. The molecule has 2 unspecified atom stereocenters. The minimum absolute atomic E-state index is 0.0530. The summed E-state index contributed by atoms with van der Waals surface area (Å²) in [5.74, 6) is 0.0530. The van der Waals surface area contributed by atoms with Gasteiger partial charge in [-0.2, -0.15) is 13.2 Å². The Morgan fingerprint density at radius 2 is 2.00 bits per heavy atom. The summed E-state index contributed by atoms with van der Waals surface area (Å²) in [5, 5.41) is 8.39. The molecule has 5 rings (SSSR count). The van der Waals surface area contributed by atoms with E-state index in [1.807, 2.05) is 35.2 Å². The smallest absolute Gasteiger partial charge is 0.370 e. The fourth-order valence-electron chi connectivity index (χ4n) is 4.78. The van der Waals surface area contributed by atoms with Crippen LogP contribution in [0.2, 0.25) is 0 Å². The van der Waals surface area contributed by atoms with Gasteiger partial charge in [-0.05, 0) is 30.7 Å². The van der Waals surface area contributed by atoms with E-state index in [0.29, 0.717) is 23.6 Å². The van der Waals surface area contributed by atoms with Crippen molar-refractivity contribution in [2.24, 2.45) is 0 Å². The molecule has 150 valence electrons. The summed E-state index contributed by atoms with van der Waals surface area (Å²) in [4.78, 5) is 6.05. The Hall–Kier alpha value is -2.80. The van der Waals surface area contributed by atoms with Gasteiger partial charge in [0.25, 0.3) is 0 Å². The molecular formula is C22H21F3N4. The summed E-state index contributed by atoms with van der Waals surface area (Å²) < 4.78 is 42.0. The number of likely N-dealkylation sites (N-methyl/N-ethyl adjacent to an activating group) is 1. The number of nitrogens with zero attached hydrogens (tertiary/aromatic N) is 2. The third-order valence-corrected chi connectivity index (χ3v) is 6.09. The summed E-state index contributed by atoms with van der Waals surface area (Å²) in [6.07, 6.45) is -0.186. The molecule has 2 N–H and O–H groups in total. The van der Waals surface area contributed by atoms with Crippen molar-refractivity contribution in [3.8, 4) is 0 Å². The van der Waals surface area contributed by atoms with Gasteiger partial charge in [-0.1, -0.05) is 24.3 Å². The number of anilines is 3. The molecular weight excluding hydrogens is 377 g/mol. The van der Waals surface area contributed by atoms with Gasteiger partial charge < -0.3 is 15.5 Å². The van der Waals surface area contributed by atoms with E-state index in [1.54, 1.807) is 19.4 Å². The van der Waals surface area contributed by atoms with Gasteiger partial charge in [0, 0.05) is 48.2 Å². The number of benzene rings is 2. The summed E-state index contributed by atoms with van der Waals surface area (Å²) in [6.45, 7) is 1.52. The lowest BCUT2D eigenvalue weighted by molar-refractivity contribution is -0.137. The number of halogens is 3. The lowest BCUT2D eigenvalue weighted by Crippen LogP contribution is -2.42. The van der Waals surface area contributed by atoms with Crippen LogP contribution in [0, 0.1) is 0 Å². The zero-order chi connectivity index (χ0) is 20.2. The van der Waals surface area contributed by atoms with E-state index < -0.39 is 11.7 Å². The second-order valence-electron chi connectivity index (χ2n) is 7.77. The van der Waals surface area contributed by atoms with Gasteiger partial charge >= 0.3 is 6.18 Å². The van der Waals surface area contributed by atoms with E-state index in [9.17, 15) is 13.2 Å². The molecule has 0 amide bonds. The van der Waals surface area contributed by atoms with Crippen LogP contribution in [0.15, 0.2) is 48.8 Å². The second kappa shape index (κ2) is 6.62. The summed E-state index contributed by atoms with van der Waals surface area (Å²) in [6, 6.07) is 10.9. The number of nitrogens with one attached hydrogen (secondary N) is 2. The topological polar surface area (TPSA) is 40.2 Å². The van der Waals surface area contributed by atoms with Crippen molar-refractivity contribution in [2.75, 3.05) is 30.4 Å². The maximum Gasteiger partial charge on any atom is 0.418 e. The van der Waals surface area contributed by atoms with Gasteiger partial charge in [-0.25, -0.2) is 0 Å². The molecule has 3 heterocycles. The first-order valence-corrected chi connectivity index (χ1v) is 9.72. The molecule has 0 radical (unpaired) electrons.